The predicted molar refractivity (Wildman–Crippen MR) is 133 cm³/mol. The van der Waals surface area contributed by atoms with Crippen molar-refractivity contribution in [2.45, 2.75) is 13.3 Å². The monoisotopic (exact) mass is 453 g/mol. The first-order valence-corrected chi connectivity index (χ1v) is 11.5. The number of aromatic nitrogens is 3. The number of aromatic hydroxyl groups is 1. The lowest BCUT2D eigenvalue weighted by Gasteiger charge is -2.35. The maximum Gasteiger partial charge on any atom is 0.165 e. The number of phenols is 1. The Morgan fingerprint density at radius 1 is 0.971 bits per heavy atom. The lowest BCUT2D eigenvalue weighted by Crippen LogP contribution is -2.48. The van der Waals surface area contributed by atoms with E-state index in [1.165, 1.54) is 0 Å². The molecule has 0 radical (unpaired) electrons. The average Bonchev–Trinajstić information content (AvgIpc) is 2.84. The van der Waals surface area contributed by atoms with Crippen LogP contribution in [0.5, 0.6) is 5.75 Å². The Bertz CT molecular complexity index is 1320. The predicted octanol–water partition coefficient (Wildman–Crippen LogP) is 3.64. The Morgan fingerprint density at radius 3 is 2.53 bits per heavy atom. The molecule has 0 aliphatic carbocycles. The fourth-order valence-corrected chi connectivity index (χ4v) is 4.37. The third kappa shape index (κ3) is 4.75. The van der Waals surface area contributed by atoms with Gasteiger partial charge in [0.1, 0.15) is 11.6 Å². The molecule has 34 heavy (non-hydrogen) atoms. The zero-order valence-corrected chi connectivity index (χ0v) is 19.2. The molecule has 1 aliphatic heterocycles. The molecule has 7 heteroatoms. The van der Waals surface area contributed by atoms with Gasteiger partial charge in [0.15, 0.2) is 11.6 Å². The van der Waals surface area contributed by atoms with Crippen molar-refractivity contribution in [2.75, 3.05) is 37.6 Å². The third-order valence-electron chi connectivity index (χ3n) is 6.15. The molecule has 4 aromatic rings. The largest absolute Gasteiger partial charge is 0.507 e. The molecule has 1 saturated heterocycles. The fourth-order valence-electron chi connectivity index (χ4n) is 4.37. The minimum atomic E-state index is 0.164. The number of nitrogens with zero attached hydrogens (tertiary/aromatic N) is 5. The Balaban J connectivity index is 1.35. The second kappa shape index (κ2) is 9.57. The molecule has 5 rings (SSSR count). The lowest BCUT2D eigenvalue weighted by molar-refractivity contribution is -0.119. The van der Waals surface area contributed by atoms with Crippen LogP contribution >= 0.6 is 0 Å². The number of hydrogen-bond acceptors (Lipinski definition) is 7. The number of ketones is 1. The van der Waals surface area contributed by atoms with Crippen molar-refractivity contribution in [1.29, 1.82) is 0 Å². The van der Waals surface area contributed by atoms with Crippen LogP contribution < -0.4 is 4.90 Å². The molecule has 0 atom stereocenters. The summed E-state index contributed by atoms with van der Waals surface area (Å²) in [6.07, 6.45) is 2.08. The van der Waals surface area contributed by atoms with Crippen LogP contribution in [-0.2, 0) is 11.2 Å². The van der Waals surface area contributed by atoms with Gasteiger partial charge in [0.2, 0.25) is 0 Å². The number of aryl methyl sites for hydroxylation is 1. The molecule has 3 heterocycles. The summed E-state index contributed by atoms with van der Waals surface area (Å²) in [5.74, 6) is 1.72. The maximum atomic E-state index is 12.5. The molecule has 7 nitrogen and oxygen atoms in total. The van der Waals surface area contributed by atoms with Crippen LogP contribution in [0.2, 0.25) is 0 Å². The SMILES string of the molecule is Cc1ccc2c(N3CCN(CC(=O)Cc4ccccn4)CC3)nc(-c3ccccc3O)nc2c1. The number of fused-ring (bicyclic) bond motifs is 1. The number of para-hydroxylation sites is 1. The van der Waals surface area contributed by atoms with Gasteiger partial charge in [-0.3, -0.25) is 14.7 Å². The van der Waals surface area contributed by atoms with Gasteiger partial charge in [0.05, 0.1) is 24.0 Å². The highest BCUT2D eigenvalue weighted by Gasteiger charge is 2.23. The number of Topliss-reactive ketones (excluding diaryl/α,β-unsaturated/α-hetero) is 1. The number of benzene rings is 2. The first-order valence-electron chi connectivity index (χ1n) is 11.5. The van der Waals surface area contributed by atoms with Crippen LogP contribution in [0.1, 0.15) is 11.3 Å². The Kier molecular flexibility index (Phi) is 6.18. The molecule has 1 aliphatic rings. The van der Waals surface area contributed by atoms with Crippen LogP contribution in [0.15, 0.2) is 66.9 Å². The van der Waals surface area contributed by atoms with Crippen molar-refractivity contribution in [3.8, 4) is 17.1 Å². The summed E-state index contributed by atoms with van der Waals surface area (Å²) < 4.78 is 0. The minimum absolute atomic E-state index is 0.164. The highest BCUT2D eigenvalue weighted by Crippen LogP contribution is 2.32. The third-order valence-corrected chi connectivity index (χ3v) is 6.15. The summed E-state index contributed by atoms with van der Waals surface area (Å²) in [4.78, 5) is 30.9. The lowest BCUT2D eigenvalue weighted by atomic mass is 10.1. The molecule has 0 spiro atoms. The summed E-state index contributed by atoms with van der Waals surface area (Å²) in [6, 6.07) is 19.0. The standard InChI is InChI=1S/C27H27N5O2/c1-19-9-10-22-24(16-19)29-26(23-7-2-3-8-25(23)34)30-27(22)32-14-12-31(13-15-32)18-21(33)17-20-6-4-5-11-28-20/h2-11,16,34H,12-15,17-18H2,1H3. The number of pyridine rings is 1. The van der Waals surface area contributed by atoms with Crippen molar-refractivity contribution in [2.24, 2.45) is 0 Å². The molecular weight excluding hydrogens is 426 g/mol. The van der Waals surface area contributed by atoms with Crippen LogP contribution in [0.25, 0.3) is 22.3 Å². The van der Waals surface area contributed by atoms with E-state index in [1.54, 1.807) is 18.3 Å². The van der Waals surface area contributed by atoms with Crippen molar-refractivity contribution in [1.82, 2.24) is 19.9 Å². The van der Waals surface area contributed by atoms with Crippen molar-refractivity contribution in [3.05, 3.63) is 78.1 Å². The quantitative estimate of drug-likeness (QED) is 0.477. The van der Waals surface area contributed by atoms with Gasteiger partial charge in [-0.05, 0) is 48.9 Å². The van der Waals surface area contributed by atoms with Crippen LogP contribution in [0.3, 0.4) is 0 Å². The number of hydrogen-bond donors (Lipinski definition) is 1. The van der Waals surface area contributed by atoms with Gasteiger partial charge in [-0.2, -0.15) is 0 Å². The zero-order chi connectivity index (χ0) is 23.5. The van der Waals surface area contributed by atoms with E-state index in [2.05, 4.69) is 33.0 Å². The Hall–Kier alpha value is -3.84. The summed E-state index contributed by atoms with van der Waals surface area (Å²) in [5.41, 5.74) is 3.41. The minimum Gasteiger partial charge on any atom is -0.507 e. The normalized spacial score (nSPS) is 14.4. The van der Waals surface area contributed by atoms with Gasteiger partial charge >= 0.3 is 0 Å². The molecule has 172 valence electrons. The van der Waals surface area contributed by atoms with E-state index in [0.717, 1.165) is 54.2 Å². The van der Waals surface area contributed by atoms with E-state index in [4.69, 9.17) is 9.97 Å². The fraction of sp³-hybridized carbons (Fsp3) is 0.259. The summed E-state index contributed by atoms with van der Waals surface area (Å²) in [7, 11) is 0. The molecular formula is C27H27N5O2. The number of rotatable bonds is 6. The van der Waals surface area contributed by atoms with Crippen LogP contribution in [0.4, 0.5) is 5.82 Å². The van der Waals surface area contributed by atoms with Gasteiger partial charge in [-0.15, -0.1) is 0 Å². The van der Waals surface area contributed by atoms with Gasteiger partial charge in [0, 0.05) is 43.5 Å². The van der Waals surface area contributed by atoms with Crippen molar-refractivity contribution in [3.63, 3.8) is 0 Å². The van der Waals surface area contributed by atoms with Gasteiger partial charge in [0.25, 0.3) is 0 Å². The van der Waals surface area contributed by atoms with Crippen LogP contribution in [-0.4, -0.2) is 63.5 Å². The second-order valence-corrected chi connectivity index (χ2v) is 8.71. The highest BCUT2D eigenvalue weighted by molar-refractivity contribution is 5.92. The van der Waals surface area contributed by atoms with Crippen molar-refractivity contribution >= 4 is 22.5 Å². The maximum absolute atomic E-state index is 12.5. The van der Waals surface area contributed by atoms with E-state index in [-0.39, 0.29) is 11.5 Å². The Labute approximate surface area is 198 Å². The van der Waals surface area contributed by atoms with E-state index < -0.39 is 0 Å². The topological polar surface area (TPSA) is 82.5 Å². The molecule has 2 aromatic carbocycles. The second-order valence-electron chi connectivity index (χ2n) is 8.71. The molecule has 0 amide bonds. The van der Waals surface area contributed by atoms with Gasteiger partial charge < -0.3 is 10.0 Å². The van der Waals surface area contributed by atoms with E-state index in [1.807, 2.05) is 37.3 Å². The van der Waals surface area contributed by atoms with Crippen LogP contribution in [0, 0.1) is 6.92 Å². The first kappa shape index (κ1) is 22.0. The molecule has 2 aromatic heterocycles. The molecule has 1 fully saturated rings. The first-order chi connectivity index (χ1) is 16.6. The number of carbonyl (C=O) groups excluding carboxylic acids is 1. The van der Waals surface area contributed by atoms with E-state index >= 15 is 0 Å². The molecule has 1 N–H and O–H groups in total. The molecule has 0 saturated carbocycles. The summed E-state index contributed by atoms with van der Waals surface area (Å²) in [5, 5.41) is 11.4. The molecule has 0 bridgehead atoms. The number of carbonyl (C=O) groups is 1. The Morgan fingerprint density at radius 2 is 1.76 bits per heavy atom. The average molecular weight is 454 g/mol. The van der Waals surface area contributed by atoms with E-state index in [9.17, 15) is 9.90 Å². The summed E-state index contributed by atoms with van der Waals surface area (Å²) in [6.45, 7) is 5.54. The zero-order valence-electron chi connectivity index (χ0n) is 19.2. The number of piperazine rings is 1. The number of anilines is 1. The molecule has 0 unspecified atom stereocenters. The summed E-state index contributed by atoms with van der Waals surface area (Å²) >= 11 is 0. The smallest absolute Gasteiger partial charge is 0.165 e. The van der Waals surface area contributed by atoms with Gasteiger partial charge in [-0.1, -0.05) is 24.3 Å². The van der Waals surface area contributed by atoms with E-state index in [0.29, 0.717) is 24.4 Å². The van der Waals surface area contributed by atoms with Gasteiger partial charge in [-0.25, -0.2) is 9.97 Å². The highest BCUT2D eigenvalue weighted by atomic mass is 16.3. The van der Waals surface area contributed by atoms with Crippen molar-refractivity contribution < 1.29 is 9.90 Å². The number of phenolic OH excluding ortho intramolecular Hbond substituents is 1.